The van der Waals surface area contributed by atoms with Gasteiger partial charge in [0.25, 0.3) is 0 Å². The Morgan fingerprint density at radius 1 is 0.875 bits per heavy atom. The molecule has 0 atom stereocenters. The molecule has 0 bridgehead atoms. The molecule has 0 saturated heterocycles. The molecule has 2 heteroatoms. The highest BCUT2D eigenvalue weighted by atomic mass is 16.5. The first-order valence-electron chi connectivity index (χ1n) is 5.03. The van der Waals surface area contributed by atoms with Crippen molar-refractivity contribution in [1.82, 2.24) is 0 Å². The molecular weight excluding hydrogens is 198 g/mol. The third-order valence-electron chi connectivity index (χ3n) is 2.20. The van der Waals surface area contributed by atoms with Crippen molar-refractivity contribution in [2.75, 3.05) is 0 Å². The van der Waals surface area contributed by atoms with Gasteiger partial charge in [0.05, 0.1) is 0 Å². The van der Waals surface area contributed by atoms with Crippen molar-refractivity contribution in [3.05, 3.63) is 66.7 Å². The predicted molar refractivity (Wildman–Crippen MR) is 66.2 cm³/mol. The largest absolute Gasteiger partial charge is 0.457 e. The molecule has 0 heterocycles. The van der Waals surface area contributed by atoms with Gasteiger partial charge in [-0.05, 0) is 42.0 Å². The molecule has 2 aromatic carbocycles. The van der Waals surface area contributed by atoms with Gasteiger partial charge in [0.15, 0.2) is 0 Å². The molecule has 0 radical (unpaired) electrons. The van der Waals surface area contributed by atoms with E-state index in [2.05, 4.69) is 6.58 Å². The fourth-order valence-corrected chi connectivity index (χ4v) is 1.36. The number of para-hydroxylation sites is 1. The molecule has 2 rings (SSSR count). The maximum Gasteiger partial charge on any atom is 0.127 e. The summed E-state index contributed by atoms with van der Waals surface area (Å²) < 4.78 is 5.64. The highest BCUT2D eigenvalue weighted by molar-refractivity contribution is 5.60. The van der Waals surface area contributed by atoms with Gasteiger partial charge in [-0.2, -0.15) is 0 Å². The average molecular weight is 211 g/mol. The van der Waals surface area contributed by atoms with Crippen LogP contribution in [0.1, 0.15) is 5.56 Å². The number of hydrogen-bond donors (Lipinski definition) is 1. The molecule has 0 aliphatic carbocycles. The van der Waals surface area contributed by atoms with Crippen molar-refractivity contribution >= 4 is 5.70 Å². The van der Waals surface area contributed by atoms with E-state index in [0.717, 1.165) is 17.1 Å². The third-order valence-corrected chi connectivity index (χ3v) is 2.20. The zero-order valence-electron chi connectivity index (χ0n) is 8.89. The van der Waals surface area contributed by atoms with Crippen LogP contribution in [0.5, 0.6) is 11.5 Å². The van der Waals surface area contributed by atoms with E-state index in [4.69, 9.17) is 10.5 Å². The molecule has 80 valence electrons. The molecule has 0 aliphatic heterocycles. The van der Waals surface area contributed by atoms with E-state index >= 15 is 0 Å². The lowest BCUT2D eigenvalue weighted by molar-refractivity contribution is 0.482. The van der Waals surface area contributed by atoms with Gasteiger partial charge in [0.2, 0.25) is 0 Å². The minimum absolute atomic E-state index is 0.561. The van der Waals surface area contributed by atoms with Gasteiger partial charge in [-0.1, -0.05) is 24.8 Å². The number of hydrogen-bond acceptors (Lipinski definition) is 2. The summed E-state index contributed by atoms with van der Waals surface area (Å²) in [6.07, 6.45) is 0. The van der Waals surface area contributed by atoms with E-state index in [0.29, 0.717) is 5.70 Å². The number of nitrogens with two attached hydrogens (primary N) is 1. The third kappa shape index (κ3) is 2.42. The van der Waals surface area contributed by atoms with Crippen LogP contribution in [0.3, 0.4) is 0 Å². The van der Waals surface area contributed by atoms with Crippen molar-refractivity contribution in [3.63, 3.8) is 0 Å². The minimum Gasteiger partial charge on any atom is -0.457 e. The standard InChI is InChI=1S/C14H13NO/c1-11(15)12-7-9-14(10-8-12)16-13-5-3-2-4-6-13/h2-10H,1,15H2. The van der Waals surface area contributed by atoms with E-state index in [-0.39, 0.29) is 0 Å². The maximum absolute atomic E-state index is 5.64. The van der Waals surface area contributed by atoms with Crippen LogP contribution >= 0.6 is 0 Å². The van der Waals surface area contributed by atoms with Gasteiger partial charge >= 0.3 is 0 Å². The fourth-order valence-electron chi connectivity index (χ4n) is 1.36. The second-order valence-corrected chi connectivity index (χ2v) is 3.46. The van der Waals surface area contributed by atoms with Crippen molar-refractivity contribution in [2.24, 2.45) is 5.73 Å². The topological polar surface area (TPSA) is 35.2 Å². The average Bonchev–Trinajstić information content (AvgIpc) is 2.31. The minimum atomic E-state index is 0.561. The van der Waals surface area contributed by atoms with Crippen molar-refractivity contribution in [3.8, 4) is 11.5 Å². The summed E-state index contributed by atoms with van der Waals surface area (Å²) in [5, 5.41) is 0. The number of benzene rings is 2. The Balaban J connectivity index is 2.14. The van der Waals surface area contributed by atoms with Gasteiger partial charge in [-0.25, -0.2) is 0 Å². The molecule has 0 aliphatic rings. The van der Waals surface area contributed by atoms with Crippen LogP contribution in [-0.2, 0) is 0 Å². The van der Waals surface area contributed by atoms with Gasteiger partial charge in [-0.15, -0.1) is 0 Å². The van der Waals surface area contributed by atoms with E-state index in [9.17, 15) is 0 Å². The van der Waals surface area contributed by atoms with E-state index in [1.807, 2.05) is 54.6 Å². The molecule has 2 aromatic rings. The molecule has 0 spiro atoms. The van der Waals surface area contributed by atoms with Crippen molar-refractivity contribution in [2.45, 2.75) is 0 Å². The highest BCUT2D eigenvalue weighted by Gasteiger charge is 1.97. The molecule has 0 saturated carbocycles. The second kappa shape index (κ2) is 4.53. The van der Waals surface area contributed by atoms with Crippen molar-refractivity contribution < 1.29 is 4.74 Å². The Labute approximate surface area is 95.0 Å². The van der Waals surface area contributed by atoms with Gasteiger partial charge < -0.3 is 10.5 Å². The van der Waals surface area contributed by atoms with Crippen LogP contribution in [0, 0.1) is 0 Å². The molecule has 2 N–H and O–H groups in total. The Morgan fingerprint density at radius 3 is 2.00 bits per heavy atom. The number of rotatable bonds is 3. The predicted octanol–water partition coefficient (Wildman–Crippen LogP) is 3.41. The Bertz CT molecular complexity index is 474. The molecule has 16 heavy (non-hydrogen) atoms. The summed E-state index contributed by atoms with van der Waals surface area (Å²) in [4.78, 5) is 0. The maximum atomic E-state index is 5.64. The highest BCUT2D eigenvalue weighted by Crippen LogP contribution is 2.21. The van der Waals surface area contributed by atoms with Crippen LogP contribution in [0.2, 0.25) is 0 Å². The molecular formula is C14H13NO. The molecule has 0 amide bonds. The summed E-state index contributed by atoms with van der Waals surface area (Å²) in [6, 6.07) is 17.2. The summed E-state index contributed by atoms with van der Waals surface area (Å²) in [7, 11) is 0. The second-order valence-electron chi connectivity index (χ2n) is 3.46. The fraction of sp³-hybridized carbons (Fsp3) is 0. The van der Waals surface area contributed by atoms with Gasteiger partial charge in [0.1, 0.15) is 11.5 Å². The lowest BCUT2D eigenvalue weighted by atomic mass is 10.2. The monoisotopic (exact) mass is 211 g/mol. The summed E-state index contributed by atoms with van der Waals surface area (Å²) in [5.74, 6) is 1.61. The molecule has 2 nitrogen and oxygen atoms in total. The van der Waals surface area contributed by atoms with E-state index < -0.39 is 0 Å². The Hall–Kier alpha value is -2.22. The SMILES string of the molecule is C=C(N)c1ccc(Oc2ccccc2)cc1. The smallest absolute Gasteiger partial charge is 0.127 e. The number of ether oxygens (including phenoxy) is 1. The zero-order chi connectivity index (χ0) is 11.4. The van der Waals surface area contributed by atoms with Gasteiger partial charge in [-0.3, -0.25) is 0 Å². The first-order valence-corrected chi connectivity index (χ1v) is 5.03. The Kier molecular flexibility index (Phi) is 2.92. The molecule has 0 aromatic heterocycles. The van der Waals surface area contributed by atoms with Crippen LogP contribution in [-0.4, -0.2) is 0 Å². The molecule has 0 unspecified atom stereocenters. The normalized spacial score (nSPS) is 9.75. The van der Waals surface area contributed by atoms with Gasteiger partial charge in [0, 0.05) is 5.70 Å². The first-order chi connectivity index (χ1) is 7.75. The molecule has 0 fully saturated rings. The lowest BCUT2D eigenvalue weighted by Gasteiger charge is -2.06. The first kappa shape index (κ1) is 10.3. The zero-order valence-corrected chi connectivity index (χ0v) is 8.89. The van der Waals surface area contributed by atoms with Crippen molar-refractivity contribution in [1.29, 1.82) is 0 Å². The van der Waals surface area contributed by atoms with Crippen LogP contribution in [0.4, 0.5) is 0 Å². The summed E-state index contributed by atoms with van der Waals surface area (Å²) >= 11 is 0. The quantitative estimate of drug-likeness (QED) is 0.844. The lowest BCUT2D eigenvalue weighted by Crippen LogP contribution is -1.93. The van der Waals surface area contributed by atoms with Crippen LogP contribution < -0.4 is 10.5 Å². The van der Waals surface area contributed by atoms with Crippen LogP contribution in [0.25, 0.3) is 5.70 Å². The summed E-state index contributed by atoms with van der Waals surface area (Å²) in [6.45, 7) is 3.68. The van der Waals surface area contributed by atoms with Crippen LogP contribution in [0.15, 0.2) is 61.2 Å². The summed E-state index contributed by atoms with van der Waals surface area (Å²) in [5.41, 5.74) is 7.06. The Morgan fingerprint density at radius 2 is 1.44 bits per heavy atom. The van der Waals surface area contributed by atoms with E-state index in [1.54, 1.807) is 0 Å². The van der Waals surface area contributed by atoms with E-state index in [1.165, 1.54) is 0 Å².